The van der Waals surface area contributed by atoms with Crippen LogP contribution in [0.5, 0.6) is 0 Å². The van der Waals surface area contributed by atoms with Crippen molar-refractivity contribution in [2.24, 2.45) is 0 Å². The number of rotatable bonds is 1. The van der Waals surface area contributed by atoms with Gasteiger partial charge in [-0.05, 0) is 34.6 Å². The molecule has 6 nitrogen and oxygen atoms in total. The summed E-state index contributed by atoms with van der Waals surface area (Å²) in [5.74, 6) is 0.466. The fourth-order valence-electron chi connectivity index (χ4n) is 2.32. The first kappa shape index (κ1) is 16.5. The number of piperazine rings is 1. The molecule has 0 N–H and O–H groups in total. The topological polar surface area (TPSA) is 58.6 Å². The summed E-state index contributed by atoms with van der Waals surface area (Å²) in [5.41, 5.74) is -0.168. The molecule has 7 heteroatoms. The zero-order valence-electron chi connectivity index (χ0n) is 13.8. The number of hydrogen-bond donors (Lipinski definition) is 0. The minimum atomic E-state index is -0.513. The highest BCUT2D eigenvalue weighted by atomic mass is 19.1. The third-order valence-electron chi connectivity index (χ3n) is 3.34. The van der Waals surface area contributed by atoms with E-state index in [0.29, 0.717) is 43.5 Å². The van der Waals surface area contributed by atoms with Crippen LogP contribution in [0.4, 0.5) is 15.0 Å². The third-order valence-corrected chi connectivity index (χ3v) is 3.34. The molecule has 1 aromatic rings. The summed E-state index contributed by atoms with van der Waals surface area (Å²) in [7, 11) is 0. The number of carbonyl (C=O) groups is 1. The minimum absolute atomic E-state index is 0.314. The van der Waals surface area contributed by atoms with Gasteiger partial charge in [0.15, 0.2) is 11.6 Å². The lowest BCUT2D eigenvalue weighted by Crippen LogP contribution is -2.50. The van der Waals surface area contributed by atoms with Gasteiger partial charge >= 0.3 is 6.09 Å². The Kier molecular flexibility index (Phi) is 4.53. The van der Waals surface area contributed by atoms with E-state index in [4.69, 9.17) is 4.74 Å². The van der Waals surface area contributed by atoms with Crippen LogP contribution in [0.25, 0.3) is 0 Å². The lowest BCUT2D eigenvalue weighted by molar-refractivity contribution is 0.0240. The Morgan fingerprint density at radius 3 is 2.27 bits per heavy atom. The van der Waals surface area contributed by atoms with Gasteiger partial charge < -0.3 is 14.5 Å². The molecule has 0 atom stereocenters. The summed E-state index contributed by atoms with van der Waals surface area (Å²) in [6, 6.07) is 0. The van der Waals surface area contributed by atoms with Crippen LogP contribution in [0.1, 0.15) is 32.3 Å². The quantitative estimate of drug-likeness (QED) is 0.796. The predicted molar refractivity (Wildman–Crippen MR) is 81.5 cm³/mol. The first-order chi connectivity index (χ1) is 10.2. The summed E-state index contributed by atoms with van der Waals surface area (Å²) < 4.78 is 19.5. The molecule has 0 bridgehead atoms. The number of nitrogens with zero attached hydrogens (tertiary/aromatic N) is 4. The highest BCUT2D eigenvalue weighted by Gasteiger charge is 2.27. The fraction of sp³-hybridized carbons (Fsp3) is 0.667. The number of hydrogen-bond acceptors (Lipinski definition) is 5. The van der Waals surface area contributed by atoms with E-state index in [0.717, 1.165) is 0 Å². The number of amides is 1. The van der Waals surface area contributed by atoms with Crippen molar-refractivity contribution in [3.8, 4) is 0 Å². The molecule has 1 aromatic heterocycles. The van der Waals surface area contributed by atoms with E-state index in [1.165, 1.54) is 0 Å². The van der Waals surface area contributed by atoms with Crippen molar-refractivity contribution in [1.29, 1.82) is 0 Å². The molecule has 0 radical (unpaired) electrons. The smallest absolute Gasteiger partial charge is 0.410 e. The van der Waals surface area contributed by atoms with Gasteiger partial charge in [-0.15, -0.1) is 0 Å². The molecule has 0 aromatic carbocycles. The Morgan fingerprint density at radius 1 is 1.14 bits per heavy atom. The van der Waals surface area contributed by atoms with Crippen LogP contribution in [0.3, 0.4) is 0 Å². The van der Waals surface area contributed by atoms with Gasteiger partial charge in [0.2, 0.25) is 0 Å². The van der Waals surface area contributed by atoms with Crippen LogP contribution in [0, 0.1) is 19.7 Å². The monoisotopic (exact) mass is 310 g/mol. The van der Waals surface area contributed by atoms with Crippen LogP contribution in [-0.4, -0.2) is 52.7 Å². The molecule has 0 aliphatic carbocycles. The van der Waals surface area contributed by atoms with Gasteiger partial charge in [0.05, 0.1) is 5.69 Å². The Morgan fingerprint density at radius 2 is 1.73 bits per heavy atom. The SMILES string of the molecule is Cc1nc(C)c(F)c(N2CCN(C(=O)OC(C)(C)C)CC2)n1. The van der Waals surface area contributed by atoms with E-state index in [2.05, 4.69) is 9.97 Å². The molecular formula is C15H23FN4O2. The van der Waals surface area contributed by atoms with Crippen LogP contribution in [0.2, 0.25) is 0 Å². The fourth-order valence-corrected chi connectivity index (χ4v) is 2.32. The Labute approximate surface area is 130 Å². The first-order valence-corrected chi connectivity index (χ1v) is 7.41. The molecule has 1 fully saturated rings. The zero-order chi connectivity index (χ0) is 16.5. The van der Waals surface area contributed by atoms with Crippen LogP contribution in [0.15, 0.2) is 0 Å². The summed E-state index contributed by atoms with van der Waals surface area (Å²) in [6.45, 7) is 10.9. The van der Waals surface area contributed by atoms with E-state index < -0.39 is 11.4 Å². The summed E-state index contributed by atoms with van der Waals surface area (Å²) in [4.78, 5) is 23.7. The molecular weight excluding hydrogens is 287 g/mol. The molecule has 122 valence electrons. The highest BCUT2D eigenvalue weighted by molar-refractivity contribution is 5.68. The second kappa shape index (κ2) is 6.06. The molecule has 0 saturated carbocycles. The van der Waals surface area contributed by atoms with Gasteiger partial charge in [-0.3, -0.25) is 0 Å². The van der Waals surface area contributed by atoms with Gasteiger partial charge in [0, 0.05) is 26.2 Å². The van der Waals surface area contributed by atoms with Crippen LogP contribution in [-0.2, 0) is 4.74 Å². The van der Waals surface area contributed by atoms with Crippen molar-refractivity contribution in [3.05, 3.63) is 17.3 Å². The van der Waals surface area contributed by atoms with E-state index in [1.807, 2.05) is 25.7 Å². The van der Waals surface area contributed by atoms with Gasteiger partial charge in [0.25, 0.3) is 0 Å². The maximum atomic E-state index is 14.2. The second-order valence-corrected chi connectivity index (χ2v) is 6.45. The van der Waals surface area contributed by atoms with Crippen molar-refractivity contribution < 1.29 is 13.9 Å². The van der Waals surface area contributed by atoms with E-state index in [1.54, 1.807) is 18.7 Å². The van der Waals surface area contributed by atoms with Crippen LogP contribution < -0.4 is 4.90 Å². The lowest BCUT2D eigenvalue weighted by Gasteiger charge is -2.36. The molecule has 0 spiro atoms. The largest absolute Gasteiger partial charge is 0.444 e. The van der Waals surface area contributed by atoms with Gasteiger partial charge in [-0.25, -0.2) is 19.2 Å². The van der Waals surface area contributed by atoms with Crippen molar-refractivity contribution in [1.82, 2.24) is 14.9 Å². The summed E-state index contributed by atoms with van der Waals surface area (Å²) in [6.07, 6.45) is -0.331. The molecule has 2 rings (SSSR count). The van der Waals surface area contributed by atoms with E-state index >= 15 is 0 Å². The lowest BCUT2D eigenvalue weighted by atomic mass is 10.2. The number of anilines is 1. The Bertz CT molecular complexity index is 563. The summed E-state index contributed by atoms with van der Waals surface area (Å²) in [5, 5.41) is 0. The van der Waals surface area contributed by atoms with Crippen LogP contribution >= 0.6 is 0 Å². The first-order valence-electron chi connectivity index (χ1n) is 7.41. The maximum absolute atomic E-state index is 14.2. The van der Waals surface area contributed by atoms with Gasteiger partial charge in [-0.1, -0.05) is 0 Å². The van der Waals surface area contributed by atoms with Crippen molar-refractivity contribution >= 4 is 11.9 Å². The average molecular weight is 310 g/mol. The number of aromatic nitrogens is 2. The minimum Gasteiger partial charge on any atom is -0.444 e. The standard InChI is InChI=1S/C15H23FN4O2/c1-10-12(16)13(18-11(2)17-10)19-6-8-20(9-7-19)14(21)22-15(3,4)5/h6-9H2,1-5H3. The molecule has 22 heavy (non-hydrogen) atoms. The normalized spacial score (nSPS) is 15.9. The molecule has 1 aliphatic rings. The van der Waals surface area contributed by atoms with Gasteiger partial charge in [-0.2, -0.15) is 0 Å². The van der Waals surface area contributed by atoms with E-state index in [-0.39, 0.29) is 6.09 Å². The molecule has 1 amide bonds. The Balaban J connectivity index is 2.02. The number of carbonyl (C=O) groups excluding carboxylic acids is 1. The number of aryl methyl sites for hydroxylation is 2. The van der Waals surface area contributed by atoms with Crippen molar-refractivity contribution in [3.63, 3.8) is 0 Å². The van der Waals surface area contributed by atoms with E-state index in [9.17, 15) is 9.18 Å². The second-order valence-electron chi connectivity index (χ2n) is 6.45. The third kappa shape index (κ3) is 3.84. The van der Waals surface area contributed by atoms with Gasteiger partial charge in [0.1, 0.15) is 11.4 Å². The summed E-state index contributed by atoms with van der Waals surface area (Å²) >= 11 is 0. The number of halogens is 1. The molecule has 1 aliphatic heterocycles. The zero-order valence-corrected chi connectivity index (χ0v) is 13.8. The van der Waals surface area contributed by atoms with Crippen molar-refractivity contribution in [2.45, 2.75) is 40.2 Å². The molecule has 0 unspecified atom stereocenters. The highest BCUT2D eigenvalue weighted by Crippen LogP contribution is 2.21. The molecule has 1 saturated heterocycles. The number of ether oxygens (including phenoxy) is 1. The maximum Gasteiger partial charge on any atom is 0.410 e. The molecule has 2 heterocycles. The Hall–Kier alpha value is -1.92. The predicted octanol–water partition coefficient (Wildman–Crippen LogP) is 2.29. The van der Waals surface area contributed by atoms with Crippen molar-refractivity contribution in [2.75, 3.05) is 31.1 Å². The average Bonchev–Trinajstić information content (AvgIpc) is 2.41.